The van der Waals surface area contributed by atoms with E-state index >= 15 is 4.39 Å². The summed E-state index contributed by atoms with van der Waals surface area (Å²) in [4.78, 5) is 38.2. The molecule has 196 valence electrons. The van der Waals surface area contributed by atoms with Gasteiger partial charge in [0.2, 0.25) is 0 Å². The second-order valence-electron chi connectivity index (χ2n) is 10.5. The molecule has 1 atom stereocenters. The standard InChI is InChI=1S/C30H26FN5O3/c31-21-14-24-20(13-19(21)16-5-7-18(8-6-16)30(38)39)27(32-25-15-36-11-9-17(25)10-12-36)26(29(37)35-24)28-33-22-3-1-2-4-23(22)34-28/h1-8,13-14,17,25H,9-12,15H2,(H,33,34)(H,38,39)(H2,32,35,37)/t25-/m0/s1. The summed E-state index contributed by atoms with van der Waals surface area (Å²) in [5.74, 6) is -0.625. The number of H-pyrrole nitrogens is 2. The predicted molar refractivity (Wildman–Crippen MR) is 149 cm³/mol. The maximum absolute atomic E-state index is 15.4. The number of benzene rings is 3. The number of aromatic nitrogens is 3. The van der Waals surface area contributed by atoms with Gasteiger partial charge in [0.15, 0.2) is 0 Å². The smallest absolute Gasteiger partial charge is 0.335 e. The van der Waals surface area contributed by atoms with E-state index in [4.69, 9.17) is 4.98 Å². The summed E-state index contributed by atoms with van der Waals surface area (Å²) in [6.07, 6.45) is 2.18. The molecule has 2 aromatic heterocycles. The SMILES string of the molecule is O=C(O)c1ccc(-c2cc3c(N[C@H]4CN5CCC4CC5)c(-c4nc5ccccc5[nH]4)c(=O)[nH]c3cc2F)cc1. The van der Waals surface area contributed by atoms with Gasteiger partial charge in [-0.25, -0.2) is 14.2 Å². The third-order valence-corrected chi connectivity index (χ3v) is 8.16. The second kappa shape index (κ2) is 9.06. The summed E-state index contributed by atoms with van der Waals surface area (Å²) >= 11 is 0. The molecule has 0 amide bonds. The van der Waals surface area contributed by atoms with E-state index in [1.807, 2.05) is 24.3 Å². The molecule has 5 aromatic rings. The van der Waals surface area contributed by atoms with E-state index in [1.165, 1.54) is 18.2 Å². The largest absolute Gasteiger partial charge is 0.478 e. The number of imidazole rings is 1. The molecule has 9 heteroatoms. The zero-order chi connectivity index (χ0) is 26.7. The number of aromatic amines is 2. The summed E-state index contributed by atoms with van der Waals surface area (Å²) in [6.45, 7) is 3.04. The number of fused-ring (bicyclic) bond motifs is 5. The zero-order valence-electron chi connectivity index (χ0n) is 21.0. The van der Waals surface area contributed by atoms with Gasteiger partial charge in [0.25, 0.3) is 5.56 Å². The second-order valence-corrected chi connectivity index (χ2v) is 10.5. The van der Waals surface area contributed by atoms with Gasteiger partial charge in [-0.05, 0) is 73.8 Å². The Morgan fingerprint density at radius 1 is 1.03 bits per heavy atom. The molecule has 0 spiro atoms. The first-order valence-corrected chi connectivity index (χ1v) is 13.1. The van der Waals surface area contributed by atoms with Gasteiger partial charge in [0.05, 0.1) is 27.8 Å². The number of pyridine rings is 1. The van der Waals surface area contributed by atoms with Crippen molar-refractivity contribution in [2.45, 2.75) is 18.9 Å². The third kappa shape index (κ3) is 4.06. The van der Waals surface area contributed by atoms with E-state index < -0.39 is 11.8 Å². The van der Waals surface area contributed by atoms with Crippen LogP contribution >= 0.6 is 0 Å². The van der Waals surface area contributed by atoms with Gasteiger partial charge in [-0.2, -0.15) is 0 Å². The fourth-order valence-electron chi connectivity index (χ4n) is 6.09. The number of aromatic carboxylic acids is 1. The Balaban J connectivity index is 1.44. The molecule has 0 unspecified atom stereocenters. The average Bonchev–Trinajstić information content (AvgIpc) is 3.37. The molecule has 39 heavy (non-hydrogen) atoms. The minimum Gasteiger partial charge on any atom is -0.478 e. The quantitative estimate of drug-likeness (QED) is 0.255. The van der Waals surface area contributed by atoms with Crippen molar-refractivity contribution in [2.75, 3.05) is 25.0 Å². The number of nitrogens with zero attached hydrogens (tertiary/aromatic N) is 2. The van der Waals surface area contributed by atoms with Crippen LogP contribution in [0, 0.1) is 11.7 Å². The maximum Gasteiger partial charge on any atom is 0.335 e. The van der Waals surface area contributed by atoms with Gasteiger partial charge in [0, 0.05) is 23.5 Å². The van der Waals surface area contributed by atoms with Gasteiger partial charge in [-0.3, -0.25) is 4.79 Å². The van der Waals surface area contributed by atoms with Gasteiger partial charge in [-0.1, -0.05) is 24.3 Å². The Morgan fingerprint density at radius 2 is 1.79 bits per heavy atom. The Kier molecular flexibility index (Phi) is 5.48. The molecule has 8 rings (SSSR count). The van der Waals surface area contributed by atoms with Crippen LogP contribution in [-0.4, -0.2) is 56.6 Å². The molecule has 0 radical (unpaired) electrons. The van der Waals surface area contributed by atoms with Crippen molar-refractivity contribution < 1.29 is 14.3 Å². The van der Waals surface area contributed by atoms with Gasteiger partial charge in [-0.15, -0.1) is 0 Å². The number of carboxylic acids is 1. The molecule has 3 fully saturated rings. The maximum atomic E-state index is 15.4. The van der Waals surface area contributed by atoms with Gasteiger partial charge >= 0.3 is 5.97 Å². The van der Waals surface area contributed by atoms with Crippen LogP contribution in [0.3, 0.4) is 0 Å². The average molecular weight is 524 g/mol. The van der Waals surface area contributed by atoms with Crippen LogP contribution in [0.4, 0.5) is 10.1 Å². The number of para-hydroxylation sites is 2. The van der Waals surface area contributed by atoms with Gasteiger partial charge in [0.1, 0.15) is 17.2 Å². The van der Waals surface area contributed by atoms with Crippen molar-refractivity contribution in [1.29, 1.82) is 0 Å². The highest BCUT2D eigenvalue weighted by Crippen LogP contribution is 2.38. The lowest BCUT2D eigenvalue weighted by Gasteiger charge is -2.45. The number of anilines is 1. The summed E-state index contributed by atoms with van der Waals surface area (Å²) in [5, 5.41) is 13.6. The number of halogens is 1. The summed E-state index contributed by atoms with van der Waals surface area (Å²) in [7, 11) is 0. The van der Waals surface area contributed by atoms with Gasteiger partial charge < -0.3 is 25.3 Å². The molecule has 3 aliphatic heterocycles. The molecule has 3 saturated heterocycles. The van der Waals surface area contributed by atoms with Crippen LogP contribution in [0.25, 0.3) is 44.5 Å². The van der Waals surface area contributed by atoms with Crippen LogP contribution in [-0.2, 0) is 0 Å². The molecule has 4 N–H and O–H groups in total. The first kappa shape index (κ1) is 23.6. The van der Waals surface area contributed by atoms with Crippen molar-refractivity contribution >= 4 is 33.6 Å². The highest BCUT2D eigenvalue weighted by molar-refractivity contribution is 6.01. The Morgan fingerprint density at radius 3 is 2.49 bits per heavy atom. The monoisotopic (exact) mass is 523 g/mol. The lowest BCUT2D eigenvalue weighted by Crippen LogP contribution is -2.53. The molecule has 0 aliphatic carbocycles. The van der Waals surface area contributed by atoms with Crippen LogP contribution in [0.5, 0.6) is 0 Å². The van der Waals surface area contributed by atoms with E-state index in [9.17, 15) is 14.7 Å². The van der Waals surface area contributed by atoms with Crippen LogP contribution in [0.15, 0.2) is 65.5 Å². The molecule has 2 bridgehead atoms. The van der Waals surface area contributed by atoms with E-state index in [0.29, 0.717) is 45.0 Å². The van der Waals surface area contributed by atoms with Crippen molar-refractivity contribution in [3.63, 3.8) is 0 Å². The van der Waals surface area contributed by atoms with Crippen LogP contribution < -0.4 is 10.9 Å². The third-order valence-electron chi connectivity index (χ3n) is 8.16. The topological polar surface area (TPSA) is 114 Å². The number of hydrogen-bond acceptors (Lipinski definition) is 5. The van der Waals surface area contributed by atoms with Crippen molar-refractivity contribution in [3.05, 3.63) is 82.4 Å². The van der Waals surface area contributed by atoms with E-state index in [1.54, 1.807) is 18.2 Å². The highest BCUT2D eigenvalue weighted by atomic mass is 19.1. The van der Waals surface area contributed by atoms with E-state index in [2.05, 4.69) is 20.2 Å². The molecular weight excluding hydrogens is 497 g/mol. The predicted octanol–water partition coefficient (Wildman–Crippen LogP) is 5.08. The minimum absolute atomic E-state index is 0.126. The Bertz CT molecular complexity index is 1770. The van der Waals surface area contributed by atoms with Crippen LogP contribution in [0.2, 0.25) is 0 Å². The number of carbonyl (C=O) groups is 1. The number of rotatable bonds is 5. The number of carboxylic acid groups (broad SMARTS) is 1. The number of piperidine rings is 3. The fraction of sp³-hybridized carbons (Fsp3) is 0.233. The molecule has 3 aromatic carbocycles. The number of nitrogens with one attached hydrogen (secondary N) is 3. The molecule has 3 aliphatic rings. The first-order chi connectivity index (χ1) is 18.9. The minimum atomic E-state index is -1.04. The molecule has 8 nitrogen and oxygen atoms in total. The highest BCUT2D eigenvalue weighted by Gasteiger charge is 2.35. The lowest BCUT2D eigenvalue weighted by atomic mass is 9.83. The first-order valence-electron chi connectivity index (χ1n) is 13.1. The lowest BCUT2D eigenvalue weighted by molar-refractivity contribution is 0.0697. The zero-order valence-corrected chi connectivity index (χ0v) is 21.0. The van der Waals surface area contributed by atoms with E-state index in [-0.39, 0.29) is 17.2 Å². The summed E-state index contributed by atoms with van der Waals surface area (Å²) in [5.41, 5.74) is 3.59. The fourth-order valence-corrected chi connectivity index (χ4v) is 6.09. The molecular formula is C30H26FN5O3. The van der Waals surface area contributed by atoms with Crippen molar-refractivity contribution in [1.82, 2.24) is 19.9 Å². The Labute approximate surface area is 222 Å². The normalized spacial score (nSPS) is 20.5. The summed E-state index contributed by atoms with van der Waals surface area (Å²) in [6, 6.07) is 16.9. The van der Waals surface area contributed by atoms with Crippen LogP contribution in [0.1, 0.15) is 23.2 Å². The summed E-state index contributed by atoms with van der Waals surface area (Å²) < 4.78 is 15.4. The molecule has 5 heterocycles. The van der Waals surface area contributed by atoms with E-state index in [0.717, 1.165) is 43.5 Å². The Hall–Kier alpha value is -4.50. The number of hydrogen-bond donors (Lipinski definition) is 4. The van der Waals surface area contributed by atoms with Crippen molar-refractivity contribution in [2.24, 2.45) is 5.92 Å². The van der Waals surface area contributed by atoms with Crippen molar-refractivity contribution in [3.8, 4) is 22.5 Å². The molecule has 0 saturated carbocycles.